The van der Waals surface area contributed by atoms with Crippen LogP contribution in [0.15, 0.2) is 12.3 Å². The molecule has 0 aromatic carbocycles. The highest BCUT2D eigenvalue weighted by Gasteiger charge is 1.91. The first-order valence-electron chi connectivity index (χ1n) is 5.40. The molecule has 2 heteroatoms. The minimum atomic E-state index is 0.822. The van der Waals surface area contributed by atoms with E-state index in [9.17, 15) is 0 Å². The summed E-state index contributed by atoms with van der Waals surface area (Å²) in [5.41, 5.74) is 6.29. The van der Waals surface area contributed by atoms with Crippen molar-refractivity contribution in [3.8, 4) is 0 Å². The van der Waals surface area contributed by atoms with E-state index in [1.54, 1.807) is 0 Å². The summed E-state index contributed by atoms with van der Waals surface area (Å²) in [6.45, 7) is 3.68. The lowest BCUT2D eigenvalue weighted by Gasteiger charge is -2.01. The van der Waals surface area contributed by atoms with E-state index in [2.05, 4.69) is 6.58 Å². The van der Waals surface area contributed by atoms with Gasteiger partial charge in [0, 0.05) is 5.70 Å². The van der Waals surface area contributed by atoms with Gasteiger partial charge in [0.1, 0.15) is 0 Å². The van der Waals surface area contributed by atoms with Crippen molar-refractivity contribution in [3.05, 3.63) is 12.3 Å². The van der Waals surface area contributed by atoms with Crippen molar-refractivity contribution in [3.63, 3.8) is 0 Å². The Bertz CT molecular complexity index is 123. The smallest absolute Gasteiger partial charge is 0.0653 e. The molecule has 0 unspecified atom stereocenters. The fourth-order valence-corrected chi connectivity index (χ4v) is 1.38. The van der Waals surface area contributed by atoms with E-state index in [1.807, 2.05) is 0 Å². The molecule has 0 fully saturated rings. The maximum absolute atomic E-state index is 5.46. The lowest BCUT2D eigenvalue weighted by molar-refractivity contribution is 0.588. The molecule has 1 nitrogen and oxygen atoms in total. The number of allylic oxidation sites excluding steroid dienone is 1. The molecule has 0 rings (SSSR count). The second-order valence-corrected chi connectivity index (χ2v) is 3.67. The van der Waals surface area contributed by atoms with Crippen molar-refractivity contribution in [2.45, 2.75) is 57.7 Å². The van der Waals surface area contributed by atoms with Crippen LogP contribution in [-0.2, 0) is 0 Å². The lowest BCUT2D eigenvalue weighted by Crippen LogP contribution is -1.93. The zero-order chi connectivity index (χ0) is 9.94. The Morgan fingerprint density at radius 1 is 0.923 bits per heavy atom. The molecule has 2 radical (unpaired) electrons. The van der Waals surface area contributed by atoms with Crippen LogP contribution in [0.1, 0.15) is 51.4 Å². The molecular formula is C11H22BN. The molecular weight excluding hydrogens is 157 g/mol. The summed E-state index contributed by atoms with van der Waals surface area (Å²) in [4.78, 5) is 0. The SMILES string of the molecule is [B]CCCCCCCCCC(=C)N. The van der Waals surface area contributed by atoms with Gasteiger partial charge in [-0.15, -0.1) is 0 Å². The molecule has 0 saturated heterocycles. The third kappa shape index (κ3) is 11.6. The number of unbranched alkanes of at least 4 members (excludes halogenated alkanes) is 6. The standard InChI is InChI=1S/C11H22BN/c1-11(13)9-7-5-3-2-4-6-8-10-12/h1-10,13H2. The van der Waals surface area contributed by atoms with Gasteiger partial charge in [0.15, 0.2) is 0 Å². The minimum absolute atomic E-state index is 0.822. The highest BCUT2D eigenvalue weighted by molar-refractivity contribution is 6.08. The quantitative estimate of drug-likeness (QED) is 0.427. The van der Waals surface area contributed by atoms with E-state index in [-0.39, 0.29) is 0 Å². The van der Waals surface area contributed by atoms with E-state index >= 15 is 0 Å². The van der Waals surface area contributed by atoms with Gasteiger partial charge in [-0.2, -0.15) is 0 Å². The van der Waals surface area contributed by atoms with Gasteiger partial charge in [-0.1, -0.05) is 51.4 Å². The van der Waals surface area contributed by atoms with Gasteiger partial charge in [0.05, 0.1) is 7.85 Å². The van der Waals surface area contributed by atoms with Crippen molar-refractivity contribution >= 4 is 7.85 Å². The molecule has 74 valence electrons. The van der Waals surface area contributed by atoms with Gasteiger partial charge < -0.3 is 5.73 Å². The summed E-state index contributed by atoms with van der Waals surface area (Å²) in [5.74, 6) is 0. The highest BCUT2D eigenvalue weighted by Crippen LogP contribution is 2.10. The molecule has 0 bridgehead atoms. The van der Waals surface area contributed by atoms with Crippen LogP contribution in [0.2, 0.25) is 6.32 Å². The van der Waals surface area contributed by atoms with Crippen molar-refractivity contribution in [2.24, 2.45) is 5.73 Å². The largest absolute Gasteiger partial charge is 0.403 e. The van der Waals surface area contributed by atoms with Crippen LogP contribution in [0, 0.1) is 0 Å². The molecule has 0 heterocycles. The van der Waals surface area contributed by atoms with Crippen molar-refractivity contribution in [2.75, 3.05) is 0 Å². The van der Waals surface area contributed by atoms with Gasteiger partial charge in [-0.3, -0.25) is 0 Å². The summed E-state index contributed by atoms with van der Waals surface area (Å²) in [6, 6.07) is 0. The fourth-order valence-electron chi connectivity index (χ4n) is 1.38. The molecule has 2 N–H and O–H groups in total. The van der Waals surface area contributed by atoms with Gasteiger partial charge in [-0.25, -0.2) is 0 Å². The van der Waals surface area contributed by atoms with E-state index < -0.39 is 0 Å². The van der Waals surface area contributed by atoms with Crippen molar-refractivity contribution in [1.29, 1.82) is 0 Å². The maximum Gasteiger partial charge on any atom is 0.0653 e. The topological polar surface area (TPSA) is 26.0 Å². The zero-order valence-corrected chi connectivity index (χ0v) is 8.73. The number of nitrogens with two attached hydrogens (primary N) is 1. The van der Waals surface area contributed by atoms with Crippen LogP contribution in [0.25, 0.3) is 0 Å². The number of rotatable bonds is 9. The summed E-state index contributed by atoms with van der Waals surface area (Å²) in [5, 5.41) is 0. The van der Waals surface area contributed by atoms with E-state index in [1.165, 1.54) is 44.9 Å². The minimum Gasteiger partial charge on any atom is -0.403 e. The second-order valence-electron chi connectivity index (χ2n) is 3.67. The molecule has 0 aliphatic heterocycles. The van der Waals surface area contributed by atoms with Crippen LogP contribution in [0.4, 0.5) is 0 Å². The van der Waals surface area contributed by atoms with Crippen LogP contribution >= 0.6 is 0 Å². The second kappa shape index (κ2) is 9.69. The Balaban J connectivity index is 2.87. The predicted octanol–water partition coefficient (Wildman–Crippen LogP) is 3.17. The Labute approximate surface area is 84.2 Å². The molecule has 0 spiro atoms. The Kier molecular flexibility index (Phi) is 9.40. The number of hydrogen-bond donors (Lipinski definition) is 1. The van der Waals surface area contributed by atoms with Crippen LogP contribution in [0.3, 0.4) is 0 Å². The predicted molar refractivity (Wildman–Crippen MR) is 60.8 cm³/mol. The molecule has 0 aromatic rings. The molecule has 0 saturated carbocycles. The molecule has 0 atom stereocenters. The van der Waals surface area contributed by atoms with Crippen LogP contribution < -0.4 is 5.73 Å². The van der Waals surface area contributed by atoms with Gasteiger partial charge in [0.2, 0.25) is 0 Å². The molecule has 0 aliphatic carbocycles. The third-order valence-corrected chi connectivity index (χ3v) is 2.20. The zero-order valence-electron chi connectivity index (χ0n) is 8.73. The fraction of sp³-hybridized carbons (Fsp3) is 0.818. The van der Waals surface area contributed by atoms with Gasteiger partial charge >= 0.3 is 0 Å². The van der Waals surface area contributed by atoms with Crippen LogP contribution in [0.5, 0.6) is 0 Å². The summed E-state index contributed by atoms with van der Waals surface area (Å²) in [7, 11) is 5.40. The monoisotopic (exact) mass is 179 g/mol. The summed E-state index contributed by atoms with van der Waals surface area (Å²) < 4.78 is 0. The summed E-state index contributed by atoms with van der Waals surface area (Å²) >= 11 is 0. The van der Waals surface area contributed by atoms with E-state index in [0.717, 1.165) is 18.4 Å². The maximum atomic E-state index is 5.46. The Hall–Kier alpha value is -0.395. The highest BCUT2D eigenvalue weighted by atomic mass is 14.5. The Morgan fingerprint density at radius 3 is 1.85 bits per heavy atom. The first-order valence-corrected chi connectivity index (χ1v) is 5.40. The molecule has 0 amide bonds. The Morgan fingerprint density at radius 2 is 1.38 bits per heavy atom. The van der Waals surface area contributed by atoms with Crippen LogP contribution in [-0.4, -0.2) is 7.85 Å². The number of hydrogen-bond acceptors (Lipinski definition) is 1. The van der Waals surface area contributed by atoms with E-state index in [0.29, 0.717) is 0 Å². The molecule has 0 aromatic heterocycles. The van der Waals surface area contributed by atoms with Gasteiger partial charge in [0.25, 0.3) is 0 Å². The first kappa shape index (κ1) is 12.6. The first-order chi connectivity index (χ1) is 6.27. The average molecular weight is 179 g/mol. The van der Waals surface area contributed by atoms with Gasteiger partial charge in [-0.05, 0) is 12.8 Å². The van der Waals surface area contributed by atoms with E-state index in [4.69, 9.17) is 13.6 Å². The molecule has 13 heavy (non-hydrogen) atoms. The van der Waals surface area contributed by atoms with Crippen molar-refractivity contribution < 1.29 is 0 Å². The normalized spacial score (nSPS) is 10.2. The molecule has 0 aliphatic rings. The summed E-state index contributed by atoms with van der Waals surface area (Å²) in [6.07, 6.45) is 10.8. The average Bonchev–Trinajstić information content (AvgIpc) is 2.09. The third-order valence-electron chi connectivity index (χ3n) is 2.20. The lowest BCUT2D eigenvalue weighted by atomic mass is 9.98. The van der Waals surface area contributed by atoms with Crippen molar-refractivity contribution in [1.82, 2.24) is 0 Å².